The zero-order valence-electron chi connectivity index (χ0n) is 10.4. The van der Waals surface area contributed by atoms with Crippen LogP contribution in [0.1, 0.15) is 32.8 Å². The second kappa shape index (κ2) is 4.73. The molecule has 0 aliphatic rings. The van der Waals surface area contributed by atoms with E-state index in [4.69, 9.17) is 10.5 Å². The summed E-state index contributed by atoms with van der Waals surface area (Å²) >= 11 is 0. The number of hydrogen-bond acceptors (Lipinski definition) is 2. The summed E-state index contributed by atoms with van der Waals surface area (Å²) in [7, 11) is 0. The van der Waals surface area contributed by atoms with E-state index in [9.17, 15) is 4.39 Å². The Morgan fingerprint density at radius 1 is 1.31 bits per heavy atom. The van der Waals surface area contributed by atoms with Gasteiger partial charge in [0.1, 0.15) is 0 Å². The third kappa shape index (κ3) is 3.72. The van der Waals surface area contributed by atoms with Crippen molar-refractivity contribution in [3.05, 3.63) is 23.5 Å². The maximum absolute atomic E-state index is 13.4. The fraction of sp³-hybridized carbons (Fsp3) is 0.538. The first-order valence-corrected chi connectivity index (χ1v) is 5.48. The first-order chi connectivity index (χ1) is 7.29. The van der Waals surface area contributed by atoms with Crippen LogP contribution in [0.25, 0.3) is 0 Å². The van der Waals surface area contributed by atoms with Crippen LogP contribution in [-0.4, -0.2) is 6.61 Å². The van der Waals surface area contributed by atoms with Crippen LogP contribution in [0.3, 0.4) is 0 Å². The second-order valence-corrected chi connectivity index (χ2v) is 5.30. The zero-order valence-corrected chi connectivity index (χ0v) is 10.4. The molecule has 1 rings (SSSR count). The van der Waals surface area contributed by atoms with Crippen LogP contribution in [0.15, 0.2) is 12.1 Å². The molecule has 0 radical (unpaired) electrons. The van der Waals surface area contributed by atoms with Crippen molar-refractivity contribution in [1.29, 1.82) is 0 Å². The molecule has 0 heterocycles. The van der Waals surface area contributed by atoms with Gasteiger partial charge in [-0.3, -0.25) is 0 Å². The Kier molecular flexibility index (Phi) is 3.79. The molecule has 1 aromatic rings. The Hall–Kier alpha value is -1.25. The Morgan fingerprint density at radius 2 is 1.94 bits per heavy atom. The summed E-state index contributed by atoms with van der Waals surface area (Å²) in [6, 6.07) is 2.95. The van der Waals surface area contributed by atoms with Gasteiger partial charge in [0.05, 0.1) is 6.61 Å². The Morgan fingerprint density at radius 3 is 2.50 bits per heavy atom. The Labute approximate surface area is 96.6 Å². The highest BCUT2D eigenvalue weighted by Gasteiger charge is 2.11. The lowest BCUT2D eigenvalue weighted by molar-refractivity contribution is 0.235. The van der Waals surface area contributed by atoms with Crippen LogP contribution in [0, 0.1) is 18.2 Å². The maximum Gasteiger partial charge on any atom is 0.167 e. The van der Waals surface area contributed by atoms with E-state index >= 15 is 0 Å². The van der Waals surface area contributed by atoms with Gasteiger partial charge in [-0.2, -0.15) is 0 Å². The molecule has 0 spiro atoms. The lowest BCUT2D eigenvalue weighted by Crippen LogP contribution is -2.11. The normalized spacial score (nSPS) is 11.6. The molecular formula is C13H20FNO. The molecule has 0 aromatic heterocycles. The van der Waals surface area contributed by atoms with E-state index in [0.29, 0.717) is 12.3 Å². The molecule has 1 aromatic carbocycles. The predicted molar refractivity (Wildman–Crippen MR) is 65.1 cm³/mol. The van der Waals surface area contributed by atoms with Gasteiger partial charge in [-0.05, 0) is 30.4 Å². The number of anilines is 1. The van der Waals surface area contributed by atoms with Crippen molar-refractivity contribution < 1.29 is 9.13 Å². The van der Waals surface area contributed by atoms with E-state index in [1.807, 2.05) is 6.92 Å². The standard InChI is InChI=1S/C13H20FNO/c1-9-7-12(10(14)8-11(9)15)16-6-5-13(2,3)4/h7-8H,5-6,15H2,1-4H3. The van der Waals surface area contributed by atoms with E-state index < -0.39 is 5.82 Å². The van der Waals surface area contributed by atoms with Crippen LogP contribution in [0.5, 0.6) is 5.75 Å². The number of aryl methyl sites for hydroxylation is 1. The third-order valence-corrected chi connectivity index (χ3v) is 2.43. The van der Waals surface area contributed by atoms with Gasteiger partial charge in [0.25, 0.3) is 0 Å². The molecule has 90 valence electrons. The summed E-state index contributed by atoms with van der Waals surface area (Å²) in [5.74, 6) is -0.104. The van der Waals surface area contributed by atoms with Gasteiger partial charge in [0.15, 0.2) is 11.6 Å². The van der Waals surface area contributed by atoms with Crippen molar-refractivity contribution in [2.75, 3.05) is 12.3 Å². The molecule has 0 saturated carbocycles. The van der Waals surface area contributed by atoms with Crippen LogP contribution in [0.2, 0.25) is 0 Å². The quantitative estimate of drug-likeness (QED) is 0.799. The van der Waals surface area contributed by atoms with Gasteiger partial charge >= 0.3 is 0 Å². The largest absolute Gasteiger partial charge is 0.490 e. The number of rotatable bonds is 3. The molecule has 0 atom stereocenters. The van der Waals surface area contributed by atoms with E-state index in [1.165, 1.54) is 6.07 Å². The van der Waals surface area contributed by atoms with Crippen molar-refractivity contribution in [3.8, 4) is 5.75 Å². The van der Waals surface area contributed by atoms with Crippen molar-refractivity contribution in [1.82, 2.24) is 0 Å². The second-order valence-electron chi connectivity index (χ2n) is 5.30. The van der Waals surface area contributed by atoms with E-state index in [0.717, 1.165) is 12.0 Å². The van der Waals surface area contributed by atoms with Gasteiger partial charge < -0.3 is 10.5 Å². The molecular weight excluding hydrogens is 205 g/mol. The SMILES string of the molecule is Cc1cc(OCCC(C)(C)C)c(F)cc1N. The summed E-state index contributed by atoms with van der Waals surface area (Å²) in [6.07, 6.45) is 0.885. The minimum Gasteiger partial charge on any atom is -0.490 e. The molecule has 2 N–H and O–H groups in total. The first-order valence-electron chi connectivity index (χ1n) is 5.48. The number of nitrogen functional groups attached to an aromatic ring is 1. The van der Waals surface area contributed by atoms with E-state index in [2.05, 4.69) is 20.8 Å². The molecule has 0 amide bonds. The van der Waals surface area contributed by atoms with E-state index in [1.54, 1.807) is 6.07 Å². The van der Waals surface area contributed by atoms with E-state index in [-0.39, 0.29) is 11.2 Å². The molecule has 2 nitrogen and oxygen atoms in total. The summed E-state index contributed by atoms with van der Waals surface area (Å²) in [5, 5.41) is 0. The predicted octanol–water partition coefficient (Wildman–Crippen LogP) is 3.53. The number of hydrogen-bond donors (Lipinski definition) is 1. The lowest BCUT2D eigenvalue weighted by Gasteiger charge is -2.18. The van der Waals surface area contributed by atoms with Gasteiger partial charge in [0.2, 0.25) is 0 Å². The number of halogens is 1. The lowest BCUT2D eigenvalue weighted by atomic mass is 9.93. The first kappa shape index (κ1) is 12.8. The molecule has 0 aliphatic carbocycles. The average Bonchev–Trinajstić information content (AvgIpc) is 2.11. The zero-order chi connectivity index (χ0) is 12.3. The Bertz CT molecular complexity index is 369. The monoisotopic (exact) mass is 225 g/mol. The fourth-order valence-electron chi connectivity index (χ4n) is 1.25. The molecule has 16 heavy (non-hydrogen) atoms. The molecule has 0 fully saturated rings. The van der Waals surface area contributed by atoms with Crippen molar-refractivity contribution in [3.63, 3.8) is 0 Å². The molecule has 0 saturated heterocycles. The van der Waals surface area contributed by atoms with Gasteiger partial charge in [0, 0.05) is 11.8 Å². The molecule has 0 bridgehead atoms. The molecule has 0 aliphatic heterocycles. The van der Waals surface area contributed by atoms with Crippen LogP contribution in [-0.2, 0) is 0 Å². The van der Waals surface area contributed by atoms with Crippen LogP contribution in [0.4, 0.5) is 10.1 Å². The smallest absolute Gasteiger partial charge is 0.167 e. The molecule has 3 heteroatoms. The number of nitrogens with two attached hydrogens (primary N) is 1. The van der Waals surface area contributed by atoms with Gasteiger partial charge in [-0.15, -0.1) is 0 Å². The van der Waals surface area contributed by atoms with Crippen molar-refractivity contribution >= 4 is 5.69 Å². The summed E-state index contributed by atoms with van der Waals surface area (Å²) in [6.45, 7) is 8.73. The molecule has 0 unspecified atom stereocenters. The summed E-state index contributed by atoms with van der Waals surface area (Å²) in [4.78, 5) is 0. The summed E-state index contributed by atoms with van der Waals surface area (Å²) in [5.41, 5.74) is 7.08. The summed E-state index contributed by atoms with van der Waals surface area (Å²) < 4.78 is 18.9. The third-order valence-electron chi connectivity index (χ3n) is 2.43. The minimum absolute atomic E-state index is 0.194. The number of ether oxygens (including phenoxy) is 1. The van der Waals surface area contributed by atoms with Crippen molar-refractivity contribution in [2.24, 2.45) is 5.41 Å². The highest BCUT2D eigenvalue weighted by Crippen LogP contribution is 2.25. The van der Waals surface area contributed by atoms with Crippen molar-refractivity contribution in [2.45, 2.75) is 34.1 Å². The van der Waals surface area contributed by atoms with Gasteiger partial charge in [-0.1, -0.05) is 20.8 Å². The Balaban J connectivity index is 2.64. The fourth-order valence-corrected chi connectivity index (χ4v) is 1.25. The van der Waals surface area contributed by atoms with Crippen LogP contribution < -0.4 is 10.5 Å². The highest BCUT2D eigenvalue weighted by molar-refractivity contribution is 5.50. The number of benzene rings is 1. The van der Waals surface area contributed by atoms with Crippen LogP contribution >= 0.6 is 0 Å². The maximum atomic E-state index is 13.4. The van der Waals surface area contributed by atoms with Gasteiger partial charge in [-0.25, -0.2) is 4.39 Å². The average molecular weight is 225 g/mol. The topological polar surface area (TPSA) is 35.2 Å². The minimum atomic E-state index is -0.392. The highest BCUT2D eigenvalue weighted by atomic mass is 19.1.